The van der Waals surface area contributed by atoms with Gasteiger partial charge in [-0.05, 0) is 35.2 Å². The summed E-state index contributed by atoms with van der Waals surface area (Å²) in [6.45, 7) is 0.694. The van der Waals surface area contributed by atoms with Crippen LogP contribution in [0.1, 0.15) is 16.8 Å². The molecule has 0 spiro atoms. The van der Waals surface area contributed by atoms with Crippen LogP contribution in [0.2, 0.25) is 0 Å². The van der Waals surface area contributed by atoms with Crippen molar-refractivity contribution in [1.29, 1.82) is 0 Å². The van der Waals surface area contributed by atoms with Gasteiger partial charge in [-0.15, -0.1) is 11.3 Å². The van der Waals surface area contributed by atoms with Crippen molar-refractivity contribution in [2.75, 3.05) is 7.11 Å². The highest BCUT2D eigenvalue weighted by Crippen LogP contribution is 2.28. The summed E-state index contributed by atoms with van der Waals surface area (Å²) in [6, 6.07) is 19.5. The zero-order chi connectivity index (χ0) is 20.6. The fourth-order valence-electron chi connectivity index (χ4n) is 2.71. The number of hydrogen-bond acceptors (Lipinski definition) is 7. The molecule has 0 aliphatic carbocycles. The Morgan fingerprint density at radius 1 is 1.03 bits per heavy atom. The minimum atomic E-state index is 0.223. The number of methoxy groups -OCH3 is 1. The predicted molar refractivity (Wildman–Crippen MR) is 116 cm³/mol. The molecule has 6 nitrogen and oxygen atoms in total. The molecule has 0 amide bonds. The molecule has 0 saturated heterocycles. The number of nitrogens with zero attached hydrogens (tertiary/aromatic N) is 2. The monoisotopic (exact) mass is 420 g/mol. The summed E-state index contributed by atoms with van der Waals surface area (Å²) in [5.41, 5.74) is 2.60. The van der Waals surface area contributed by atoms with E-state index < -0.39 is 0 Å². The Labute approximate surface area is 178 Å². The van der Waals surface area contributed by atoms with Gasteiger partial charge in [-0.1, -0.05) is 41.6 Å². The molecule has 4 aromatic rings. The minimum absolute atomic E-state index is 0.223. The molecule has 7 heteroatoms. The quantitative estimate of drug-likeness (QED) is 0.263. The van der Waals surface area contributed by atoms with Gasteiger partial charge in [0.1, 0.15) is 18.6 Å². The zero-order valence-corrected chi connectivity index (χ0v) is 17.2. The molecule has 0 N–H and O–H groups in total. The molecule has 0 fully saturated rings. The average Bonchev–Trinajstić information content (AvgIpc) is 3.48. The molecule has 2 aromatic heterocycles. The molecule has 2 heterocycles. The van der Waals surface area contributed by atoms with Gasteiger partial charge in [-0.3, -0.25) is 0 Å². The predicted octanol–water partition coefficient (Wildman–Crippen LogP) is 5.54. The van der Waals surface area contributed by atoms with Crippen LogP contribution in [0, 0.1) is 0 Å². The largest absolute Gasteiger partial charge is 0.493 e. The molecule has 0 bridgehead atoms. The smallest absolute Gasteiger partial charge is 0.236 e. The summed E-state index contributed by atoms with van der Waals surface area (Å²) in [5, 5.41) is 5.99. The van der Waals surface area contributed by atoms with Crippen molar-refractivity contribution in [2.24, 2.45) is 5.16 Å². The standard InChI is InChI=1S/C23H20N2O4S/c1-26-21-12-18(9-10-20(21)27-14-17-6-3-2-4-7-17)13-24-29-16-19-15-28-23(25-19)22-8-5-11-30-22/h2-13,15H,14,16H2,1H3/b24-13+. The minimum Gasteiger partial charge on any atom is -0.493 e. The van der Waals surface area contributed by atoms with Crippen LogP contribution >= 0.6 is 11.3 Å². The molecule has 152 valence electrons. The van der Waals surface area contributed by atoms with Crippen molar-refractivity contribution in [3.63, 3.8) is 0 Å². The van der Waals surface area contributed by atoms with Crippen LogP contribution in [0.5, 0.6) is 11.5 Å². The molecule has 4 rings (SSSR count). The number of aromatic nitrogens is 1. The van der Waals surface area contributed by atoms with Gasteiger partial charge in [0.15, 0.2) is 18.1 Å². The number of hydrogen-bond donors (Lipinski definition) is 0. The molecule has 0 aliphatic heterocycles. The number of oxime groups is 1. The molecule has 0 unspecified atom stereocenters. The molecule has 0 radical (unpaired) electrons. The summed E-state index contributed by atoms with van der Waals surface area (Å²) < 4.78 is 16.8. The van der Waals surface area contributed by atoms with E-state index in [4.69, 9.17) is 18.7 Å². The molecular weight excluding hydrogens is 400 g/mol. The third-order valence-electron chi connectivity index (χ3n) is 4.20. The van der Waals surface area contributed by atoms with Gasteiger partial charge in [0.2, 0.25) is 5.89 Å². The van der Waals surface area contributed by atoms with Crippen molar-refractivity contribution in [1.82, 2.24) is 4.98 Å². The van der Waals surface area contributed by atoms with E-state index in [0.717, 1.165) is 16.0 Å². The Hall–Kier alpha value is -3.58. The van der Waals surface area contributed by atoms with Crippen LogP contribution in [-0.2, 0) is 18.1 Å². The summed E-state index contributed by atoms with van der Waals surface area (Å²) in [6.07, 6.45) is 3.19. The highest BCUT2D eigenvalue weighted by molar-refractivity contribution is 7.13. The lowest BCUT2D eigenvalue weighted by Crippen LogP contribution is -1.98. The number of oxazole rings is 1. The van der Waals surface area contributed by atoms with Crippen LogP contribution in [0.3, 0.4) is 0 Å². The number of rotatable bonds is 9. The SMILES string of the molecule is COc1cc(/C=N/OCc2coc(-c3cccs3)n2)ccc1OCc1ccccc1. The first-order valence-corrected chi connectivity index (χ1v) is 10.2. The van der Waals surface area contributed by atoms with E-state index in [0.29, 0.717) is 29.7 Å². The second kappa shape index (κ2) is 9.76. The van der Waals surface area contributed by atoms with Gasteiger partial charge in [-0.2, -0.15) is 0 Å². The molecule has 0 aliphatic rings. The van der Waals surface area contributed by atoms with Gasteiger partial charge in [-0.25, -0.2) is 4.98 Å². The summed E-state index contributed by atoms with van der Waals surface area (Å²) >= 11 is 1.57. The summed E-state index contributed by atoms with van der Waals surface area (Å²) in [5.74, 6) is 1.89. The van der Waals surface area contributed by atoms with Crippen LogP contribution in [0.25, 0.3) is 10.8 Å². The maximum absolute atomic E-state index is 5.87. The van der Waals surface area contributed by atoms with Crippen LogP contribution in [0.15, 0.2) is 81.9 Å². The topological polar surface area (TPSA) is 66.1 Å². The van der Waals surface area contributed by atoms with Gasteiger partial charge in [0.25, 0.3) is 0 Å². The van der Waals surface area contributed by atoms with Gasteiger partial charge < -0.3 is 18.7 Å². The molecule has 2 aromatic carbocycles. The number of thiophene rings is 1. The first kappa shape index (κ1) is 19.7. The van der Waals surface area contributed by atoms with E-state index in [9.17, 15) is 0 Å². The first-order valence-electron chi connectivity index (χ1n) is 9.30. The van der Waals surface area contributed by atoms with Crippen LogP contribution in [0.4, 0.5) is 0 Å². The Bertz CT molecular complexity index is 1090. The van der Waals surface area contributed by atoms with Crippen molar-refractivity contribution in [3.05, 3.63) is 89.1 Å². The second-order valence-corrected chi connectivity index (χ2v) is 7.26. The third-order valence-corrected chi connectivity index (χ3v) is 5.06. The third kappa shape index (κ3) is 5.07. The zero-order valence-electron chi connectivity index (χ0n) is 16.4. The maximum Gasteiger partial charge on any atom is 0.236 e. The fraction of sp³-hybridized carbons (Fsp3) is 0.130. The van der Waals surface area contributed by atoms with E-state index >= 15 is 0 Å². The molecule has 30 heavy (non-hydrogen) atoms. The molecule has 0 atom stereocenters. The lowest BCUT2D eigenvalue weighted by Gasteiger charge is -2.11. The second-order valence-electron chi connectivity index (χ2n) is 6.31. The van der Waals surface area contributed by atoms with Crippen molar-refractivity contribution < 1.29 is 18.7 Å². The van der Waals surface area contributed by atoms with Gasteiger partial charge in [0, 0.05) is 5.56 Å². The lowest BCUT2D eigenvalue weighted by atomic mass is 10.2. The first-order chi connectivity index (χ1) is 14.8. The Kier molecular flexibility index (Phi) is 6.41. The maximum atomic E-state index is 5.87. The number of benzene rings is 2. The van der Waals surface area contributed by atoms with Crippen molar-refractivity contribution >= 4 is 17.6 Å². The van der Waals surface area contributed by atoms with Crippen LogP contribution in [-0.4, -0.2) is 18.3 Å². The Morgan fingerprint density at radius 3 is 2.73 bits per heavy atom. The van der Waals surface area contributed by atoms with Crippen LogP contribution < -0.4 is 9.47 Å². The van der Waals surface area contributed by atoms with E-state index in [1.54, 1.807) is 30.9 Å². The highest BCUT2D eigenvalue weighted by Gasteiger charge is 2.08. The van der Waals surface area contributed by atoms with Gasteiger partial charge >= 0.3 is 0 Å². The molecule has 0 saturated carbocycles. The van der Waals surface area contributed by atoms with E-state index in [-0.39, 0.29) is 6.61 Å². The lowest BCUT2D eigenvalue weighted by molar-refractivity contribution is 0.129. The Balaban J connectivity index is 1.32. The Morgan fingerprint density at radius 2 is 1.93 bits per heavy atom. The van der Waals surface area contributed by atoms with Crippen molar-refractivity contribution in [2.45, 2.75) is 13.2 Å². The van der Waals surface area contributed by atoms with Gasteiger partial charge in [0.05, 0.1) is 18.2 Å². The number of ether oxygens (including phenoxy) is 2. The van der Waals surface area contributed by atoms with E-state index in [1.165, 1.54) is 0 Å². The average molecular weight is 420 g/mol. The van der Waals surface area contributed by atoms with Crippen molar-refractivity contribution in [3.8, 4) is 22.3 Å². The highest BCUT2D eigenvalue weighted by atomic mass is 32.1. The van der Waals surface area contributed by atoms with E-state index in [1.807, 2.05) is 66.0 Å². The summed E-state index contributed by atoms with van der Waals surface area (Å²) in [7, 11) is 1.61. The summed E-state index contributed by atoms with van der Waals surface area (Å²) in [4.78, 5) is 10.7. The van der Waals surface area contributed by atoms with E-state index in [2.05, 4.69) is 10.1 Å². The fourth-order valence-corrected chi connectivity index (χ4v) is 3.36. The molecular formula is C23H20N2O4S. The normalized spacial score (nSPS) is 11.0.